The molecule has 0 unspecified atom stereocenters. The van der Waals surface area contributed by atoms with Gasteiger partial charge in [0.25, 0.3) is 0 Å². The van der Waals surface area contributed by atoms with Gasteiger partial charge in [0.05, 0.1) is 10.3 Å². The Balaban J connectivity index is 1.83. The first-order valence-corrected chi connectivity index (χ1v) is 7.35. The molecule has 0 saturated carbocycles. The van der Waals surface area contributed by atoms with E-state index in [2.05, 4.69) is 49.9 Å². The Kier molecular flexibility index (Phi) is 4.76. The molecule has 0 bridgehead atoms. The molecule has 0 spiro atoms. The molecule has 0 radical (unpaired) electrons. The standard InChI is InChI=1S/C12H16BrN3S/c1-2-6-16-7-5-15-12(16)9-14-8-10-3-4-11(13)17-10/h3-5,7,14H,2,6,8-9H2,1H3. The van der Waals surface area contributed by atoms with Gasteiger partial charge in [0, 0.05) is 30.4 Å². The highest BCUT2D eigenvalue weighted by Crippen LogP contribution is 2.21. The highest BCUT2D eigenvalue weighted by atomic mass is 79.9. The summed E-state index contributed by atoms with van der Waals surface area (Å²) in [4.78, 5) is 5.70. The van der Waals surface area contributed by atoms with Crippen molar-refractivity contribution in [1.29, 1.82) is 0 Å². The van der Waals surface area contributed by atoms with Gasteiger partial charge in [0.15, 0.2) is 0 Å². The minimum absolute atomic E-state index is 0.822. The molecule has 0 aliphatic heterocycles. The number of aromatic nitrogens is 2. The summed E-state index contributed by atoms with van der Waals surface area (Å²) >= 11 is 5.24. The van der Waals surface area contributed by atoms with Gasteiger partial charge < -0.3 is 9.88 Å². The molecule has 2 aromatic heterocycles. The third kappa shape index (κ3) is 3.66. The van der Waals surface area contributed by atoms with Crippen LogP contribution in [-0.2, 0) is 19.6 Å². The molecule has 1 N–H and O–H groups in total. The molecule has 0 aromatic carbocycles. The Bertz CT molecular complexity index is 464. The van der Waals surface area contributed by atoms with Gasteiger partial charge in [-0.1, -0.05) is 6.92 Å². The summed E-state index contributed by atoms with van der Waals surface area (Å²) in [6.07, 6.45) is 5.05. The van der Waals surface area contributed by atoms with E-state index in [9.17, 15) is 0 Å². The van der Waals surface area contributed by atoms with Gasteiger partial charge in [-0.3, -0.25) is 0 Å². The molecule has 0 atom stereocenters. The minimum atomic E-state index is 0.822. The third-order valence-electron chi connectivity index (χ3n) is 2.48. The Morgan fingerprint density at radius 1 is 1.41 bits per heavy atom. The van der Waals surface area contributed by atoms with Gasteiger partial charge in [-0.25, -0.2) is 4.98 Å². The predicted molar refractivity (Wildman–Crippen MR) is 75.1 cm³/mol. The monoisotopic (exact) mass is 313 g/mol. The molecular weight excluding hydrogens is 298 g/mol. The maximum atomic E-state index is 4.37. The van der Waals surface area contributed by atoms with Crippen LogP contribution in [-0.4, -0.2) is 9.55 Å². The molecule has 0 aliphatic rings. The average molecular weight is 314 g/mol. The summed E-state index contributed by atoms with van der Waals surface area (Å²) in [5, 5.41) is 3.42. The lowest BCUT2D eigenvalue weighted by Gasteiger charge is -2.06. The second-order valence-corrected chi connectivity index (χ2v) is 6.39. The third-order valence-corrected chi connectivity index (χ3v) is 4.10. The second-order valence-electron chi connectivity index (χ2n) is 3.85. The fraction of sp³-hybridized carbons (Fsp3) is 0.417. The van der Waals surface area contributed by atoms with Gasteiger partial charge in [-0.2, -0.15) is 0 Å². The zero-order valence-corrected chi connectivity index (χ0v) is 12.2. The lowest BCUT2D eigenvalue weighted by Crippen LogP contribution is -2.16. The van der Waals surface area contributed by atoms with Gasteiger partial charge in [-0.15, -0.1) is 11.3 Å². The number of hydrogen-bond donors (Lipinski definition) is 1. The number of rotatable bonds is 6. The molecule has 0 fully saturated rings. The largest absolute Gasteiger partial charge is 0.334 e. The van der Waals surface area contributed by atoms with Gasteiger partial charge in [0.2, 0.25) is 0 Å². The molecule has 3 nitrogen and oxygen atoms in total. The highest BCUT2D eigenvalue weighted by molar-refractivity contribution is 9.11. The quantitative estimate of drug-likeness (QED) is 0.885. The number of aryl methyl sites for hydroxylation is 1. The summed E-state index contributed by atoms with van der Waals surface area (Å²) in [5.41, 5.74) is 0. The smallest absolute Gasteiger partial charge is 0.122 e. The van der Waals surface area contributed by atoms with Crippen molar-refractivity contribution >= 4 is 27.3 Å². The van der Waals surface area contributed by atoms with Gasteiger partial charge in [-0.05, 0) is 34.5 Å². The zero-order chi connectivity index (χ0) is 12.1. The Labute approximate surface area is 114 Å². The molecule has 2 aromatic rings. The van der Waals surface area contributed by atoms with Crippen molar-refractivity contribution in [2.45, 2.75) is 33.0 Å². The molecule has 0 saturated heterocycles. The van der Waals surface area contributed by atoms with E-state index in [1.165, 1.54) is 8.66 Å². The number of thiophene rings is 1. The summed E-state index contributed by atoms with van der Waals surface area (Å²) in [7, 11) is 0. The minimum Gasteiger partial charge on any atom is -0.334 e. The van der Waals surface area contributed by atoms with Gasteiger partial charge in [0.1, 0.15) is 5.82 Å². The van der Waals surface area contributed by atoms with E-state index in [1.807, 2.05) is 12.4 Å². The van der Waals surface area contributed by atoms with Crippen LogP contribution in [0.2, 0.25) is 0 Å². The molecule has 0 aliphatic carbocycles. The summed E-state index contributed by atoms with van der Waals surface area (Å²) in [5.74, 6) is 1.11. The van der Waals surface area contributed by atoms with E-state index in [1.54, 1.807) is 11.3 Å². The molecule has 92 valence electrons. The van der Waals surface area contributed by atoms with Crippen molar-refractivity contribution in [3.8, 4) is 0 Å². The fourth-order valence-corrected chi connectivity index (χ4v) is 3.15. The Hall–Kier alpha value is -0.650. The molecule has 2 heterocycles. The van der Waals surface area contributed by atoms with Crippen LogP contribution < -0.4 is 5.32 Å². The molecule has 5 heteroatoms. The summed E-state index contributed by atoms with van der Waals surface area (Å²) in [6.45, 7) is 4.94. The number of nitrogens with one attached hydrogen (secondary N) is 1. The van der Waals surface area contributed by atoms with Gasteiger partial charge >= 0.3 is 0 Å². The highest BCUT2D eigenvalue weighted by Gasteiger charge is 2.02. The first-order chi connectivity index (χ1) is 8.29. The normalized spacial score (nSPS) is 10.9. The van der Waals surface area contributed by atoms with E-state index in [0.717, 1.165) is 31.9 Å². The van der Waals surface area contributed by atoms with E-state index in [4.69, 9.17) is 0 Å². The van der Waals surface area contributed by atoms with Crippen LogP contribution in [0.15, 0.2) is 28.3 Å². The molecule has 17 heavy (non-hydrogen) atoms. The molecule has 0 amide bonds. The molecule has 2 rings (SSSR count). The number of nitrogens with zero attached hydrogens (tertiary/aromatic N) is 2. The van der Waals surface area contributed by atoms with Crippen molar-refractivity contribution in [2.75, 3.05) is 0 Å². The van der Waals surface area contributed by atoms with Crippen LogP contribution in [0.25, 0.3) is 0 Å². The maximum absolute atomic E-state index is 4.37. The molecular formula is C12H16BrN3S. The van der Waals surface area contributed by atoms with Crippen LogP contribution in [0.3, 0.4) is 0 Å². The van der Waals surface area contributed by atoms with Crippen LogP contribution in [0, 0.1) is 0 Å². The number of imidazole rings is 1. The van der Waals surface area contributed by atoms with Crippen LogP contribution in [0.1, 0.15) is 24.0 Å². The Morgan fingerprint density at radius 2 is 2.29 bits per heavy atom. The van der Waals surface area contributed by atoms with E-state index < -0.39 is 0 Å². The maximum Gasteiger partial charge on any atom is 0.122 e. The van der Waals surface area contributed by atoms with E-state index in [-0.39, 0.29) is 0 Å². The van der Waals surface area contributed by atoms with Crippen molar-refractivity contribution in [3.63, 3.8) is 0 Å². The lowest BCUT2D eigenvalue weighted by atomic mass is 10.4. The first-order valence-electron chi connectivity index (χ1n) is 5.74. The average Bonchev–Trinajstić information content (AvgIpc) is 2.90. The summed E-state index contributed by atoms with van der Waals surface area (Å²) in [6, 6.07) is 4.22. The van der Waals surface area contributed by atoms with Crippen molar-refractivity contribution in [2.24, 2.45) is 0 Å². The van der Waals surface area contributed by atoms with E-state index >= 15 is 0 Å². The lowest BCUT2D eigenvalue weighted by molar-refractivity contribution is 0.590. The van der Waals surface area contributed by atoms with Crippen molar-refractivity contribution in [3.05, 3.63) is 39.0 Å². The van der Waals surface area contributed by atoms with E-state index in [0.29, 0.717) is 0 Å². The van der Waals surface area contributed by atoms with Crippen molar-refractivity contribution < 1.29 is 0 Å². The first kappa shape index (κ1) is 12.8. The summed E-state index contributed by atoms with van der Waals surface area (Å²) < 4.78 is 3.39. The van der Waals surface area contributed by atoms with Crippen LogP contribution in [0.5, 0.6) is 0 Å². The predicted octanol–water partition coefficient (Wildman–Crippen LogP) is 3.41. The van der Waals surface area contributed by atoms with Crippen LogP contribution >= 0.6 is 27.3 Å². The van der Waals surface area contributed by atoms with Crippen molar-refractivity contribution in [1.82, 2.24) is 14.9 Å². The Morgan fingerprint density at radius 3 is 3.00 bits per heavy atom. The fourth-order valence-electron chi connectivity index (χ4n) is 1.70. The SMILES string of the molecule is CCCn1ccnc1CNCc1ccc(Br)s1. The van der Waals surface area contributed by atoms with Crippen LogP contribution in [0.4, 0.5) is 0 Å². The number of halogens is 1. The topological polar surface area (TPSA) is 29.9 Å². The second kappa shape index (κ2) is 6.33. The number of hydrogen-bond acceptors (Lipinski definition) is 3. The zero-order valence-electron chi connectivity index (χ0n) is 9.82.